The molecule has 1 atom stereocenters. The quantitative estimate of drug-likeness (QED) is 0.551. The highest BCUT2D eigenvalue weighted by atomic mass is 16.6. The van der Waals surface area contributed by atoms with Gasteiger partial charge in [-0.1, -0.05) is 51.3 Å². The van der Waals surface area contributed by atoms with Crippen molar-refractivity contribution in [3.05, 3.63) is 35.9 Å². The van der Waals surface area contributed by atoms with Crippen LogP contribution in [0.3, 0.4) is 0 Å². The van der Waals surface area contributed by atoms with Gasteiger partial charge in [0.25, 0.3) is 0 Å². The normalized spacial score (nSPS) is 11.9. The Morgan fingerprint density at radius 1 is 1.05 bits per heavy atom. The zero-order chi connectivity index (χ0) is 14.1. The first kappa shape index (κ1) is 15.4. The van der Waals surface area contributed by atoms with E-state index < -0.39 is 5.97 Å². The summed E-state index contributed by atoms with van der Waals surface area (Å²) in [6.07, 6.45) is 4.52. The second-order valence-electron chi connectivity index (χ2n) is 4.70. The van der Waals surface area contributed by atoms with Crippen molar-refractivity contribution in [3.8, 4) is 0 Å². The summed E-state index contributed by atoms with van der Waals surface area (Å²) < 4.78 is 4.97. The molecule has 0 amide bonds. The number of hydrogen-bond acceptors (Lipinski definition) is 3. The third-order valence-corrected chi connectivity index (χ3v) is 3.08. The molecule has 0 spiro atoms. The van der Waals surface area contributed by atoms with Crippen molar-refractivity contribution in [2.24, 2.45) is 5.92 Å². The highest BCUT2D eigenvalue weighted by Gasteiger charge is 2.22. The van der Waals surface area contributed by atoms with Gasteiger partial charge >= 0.3 is 11.9 Å². The Labute approximate surface area is 115 Å². The van der Waals surface area contributed by atoms with Crippen LogP contribution in [0.1, 0.15) is 56.3 Å². The van der Waals surface area contributed by atoms with Crippen LogP contribution in [-0.2, 0) is 9.53 Å². The number of hydrogen-bond donors (Lipinski definition) is 0. The van der Waals surface area contributed by atoms with Gasteiger partial charge in [0.15, 0.2) is 0 Å². The van der Waals surface area contributed by atoms with Crippen molar-refractivity contribution in [2.75, 3.05) is 0 Å². The lowest BCUT2D eigenvalue weighted by Gasteiger charge is -2.13. The molecule has 0 radical (unpaired) electrons. The lowest BCUT2D eigenvalue weighted by Crippen LogP contribution is -2.21. The summed E-state index contributed by atoms with van der Waals surface area (Å²) in [6, 6.07) is 8.62. The Bertz CT molecular complexity index is 398. The topological polar surface area (TPSA) is 43.4 Å². The predicted octanol–water partition coefficient (Wildman–Crippen LogP) is 3.98. The van der Waals surface area contributed by atoms with Crippen LogP contribution in [0.5, 0.6) is 0 Å². The lowest BCUT2D eigenvalue weighted by atomic mass is 9.97. The summed E-state index contributed by atoms with van der Waals surface area (Å²) in [5.41, 5.74) is 0.418. The fourth-order valence-electron chi connectivity index (χ4n) is 1.99. The maximum atomic E-state index is 12.0. The zero-order valence-electron chi connectivity index (χ0n) is 11.7. The molecule has 104 valence electrons. The summed E-state index contributed by atoms with van der Waals surface area (Å²) >= 11 is 0. The van der Waals surface area contributed by atoms with Crippen LogP contribution < -0.4 is 0 Å². The number of unbranched alkanes of at least 4 members (excludes halogenated alkanes) is 1. The molecule has 0 aliphatic rings. The zero-order valence-corrected chi connectivity index (χ0v) is 11.7. The Kier molecular flexibility index (Phi) is 6.86. The van der Waals surface area contributed by atoms with E-state index in [2.05, 4.69) is 6.92 Å². The van der Waals surface area contributed by atoms with E-state index in [1.54, 1.807) is 24.3 Å². The lowest BCUT2D eigenvalue weighted by molar-refractivity contribution is -0.143. The first-order valence-electron chi connectivity index (χ1n) is 7.00. The molecule has 1 aromatic carbocycles. The van der Waals surface area contributed by atoms with E-state index in [1.165, 1.54) is 0 Å². The van der Waals surface area contributed by atoms with Gasteiger partial charge < -0.3 is 4.74 Å². The molecule has 0 aromatic heterocycles. The molecule has 0 heterocycles. The molecular weight excluding hydrogens is 240 g/mol. The van der Waals surface area contributed by atoms with E-state index in [-0.39, 0.29) is 11.9 Å². The van der Waals surface area contributed by atoms with Crippen molar-refractivity contribution >= 4 is 11.9 Å². The van der Waals surface area contributed by atoms with Gasteiger partial charge in [0.2, 0.25) is 0 Å². The molecule has 1 aromatic rings. The molecule has 0 saturated heterocycles. The summed E-state index contributed by atoms with van der Waals surface area (Å²) in [6.45, 7) is 4.12. The maximum absolute atomic E-state index is 12.0. The van der Waals surface area contributed by atoms with Crippen LogP contribution in [0.2, 0.25) is 0 Å². The SMILES string of the molecule is CCCCC(CCC)C(=O)OC(=O)c1ccccc1. The van der Waals surface area contributed by atoms with Crippen LogP contribution in [-0.4, -0.2) is 11.9 Å². The minimum atomic E-state index is -0.553. The highest BCUT2D eigenvalue weighted by molar-refractivity contribution is 5.97. The van der Waals surface area contributed by atoms with Gasteiger partial charge in [0, 0.05) is 0 Å². The molecule has 0 saturated carbocycles. The van der Waals surface area contributed by atoms with Crippen LogP contribution in [0, 0.1) is 5.92 Å². The Morgan fingerprint density at radius 2 is 1.74 bits per heavy atom. The summed E-state index contributed by atoms with van der Waals surface area (Å²) in [4.78, 5) is 23.8. The number of esters is 2. The predicted molar refractivity (Wildman–Crippen MR) is 74.8 cm³/mol. The van der Waals surface area contributed by atoms with Gasteiger partial charge in [-0.05, 0) is 25.0 Å². The van der Waals surface area contributed by atoms with E-state index in [4.69, 9.17) is 4.74 Å². The van der Waals surface area contributed by atoms with Gasteiger partial charge in [-0.15, -0.1) is 0 Å². The smallest absolute Gasteiger partial charge is 0.345 e. The summed E-state index contributed by atoms with van der Waals surface area (Å²) in [5, 5.41) is 0. The van der Waals surface area contributed by atoms with Crippen molar-refractivity contribution in [1.29, 1.82) is 0 Å². The van der Waals surface area contributed by atoms with Crippen LogP contribution in [0.4, 0.5) is 0 Å². The molecule has 0 bridgehead atoms. The molecule has 1 unspecified atom stereocenters. The van der Waals surface area contributed by atoms with E-state index >= 15 is 0 Å². The molecule has 0 N–H and O–H groups in total. The van der Waals surface area contributed by atoms with Crippen molar-refractivity contribution in [3.63, 3.8) is 0 Å². The van der Waals surface area contributed by atoms with E-state index in [0.717, 1.165) is 32.1 Å². The molecule has 0 fully saturated rings. The van der Waals surface area contributed by atoms with Gasteiger partial charge in [0.1, 0.15) is 0 Å². The minimum Gasteiger partial charge on any atom is -0.389 e. The monoisotopic (exact) mass is 262 g/mol. The number of carbonyl (C=O) groups excluding carboxylic acids is 2. The van der Waals surface area contributed by atoms with Crippen molar-refractivity contribution in [1.82, 2.24) is 0 Å². The Balaban J connectivity index is 2.58. The second-order valence-corrected chi connectivity index (χ2v) is 4.70. The molecule has 0 aliphatic heterocycles. The first-order chi connectivity index (χ1) is 9.19. The molecule has 3 heteroatoms. The molecule has 0 aliphatic carbocycles. The average Bonchev–Trinajstić information content (AvgIpc) is 2.44. The Morgan fingerprint density at radius 3 is 2.32 bits per heavy atom. The molecular formula is C16H22O3. The molecule has 1 rings (SSSR count). The second kappa shape index (κ2) is 8.46. The number of carbonyl (C=O) groups is 2. The molecule has 3 nitrogen and oxygen atoms in total. The first-order valence-corrected chi connectivity index (χ1v) is 7.00. The van der Waals surface area contributed by atoms with Crippen LogP contribution >= 0.6 is 0 Å². The standard InChI is InChI=1S/C16H22O3/c1-3-5-10-13(9-4-2)15(17)19-16(18)14-11-7-6-8-12-14/h6-8,11-13H,3-5,9-10H2,1-2H3. The van der Waals surface area contributed by atoms with Gasteiger partial charge in [-0.3, -0.25) is 4.79 Å². The van der Waals surface area contributed by atoms with E-state index in [9.17, 15) is 9.59 Å². The fourth-order valence-corrected chi connectivity index (χ4v) is 1.99. The third-order valence-electron chi connectivity index (χ3n) is 3.08. The summed E-state index contributed by atoms with van der Waals surface area (Å²) in [5.74, 6) is -1.09. The number of ether oxygens (including phenoxy) is 1. The van der Waals surface area contributed by atoms with Crippen molar-refractivity contribution in [2.45, 2.75) is 46.0 Å². The van der Waals surface area contributed by atoms with Gasteiger partial charge in [-0.2, -0.15) is 0 Å². The number of rotatable bonds is 7. The fraction of sp³-hybridized carbons (Fsp3) is 0.500. The Hall–Kier alpha value is -1.64. The number of benzene rings is 1. The molecule has 19 heavy (non-hydrogen) atoms. The van der Waals surface area contributed by atoms with Crippen molar-refractivity contribution < 1.29 is 14.3 Å². The average molecular weight is 262 g/mol. The van der Waals surface area contributed by atoms with E-state index in [1.807, 2.05) is 13.0 Å². The third kappa shape index (κ3) is 5.25. The minimum absolute atomic E-state index is 0.155. The van der Waals surface area contributed by atoms with Crippen LogP contribution in [0.25, 0.3) is 0 Å². The van der Waals surface area contributed by atoms with E-state index in [0.29, 0.717) is 5.56 Å². The largest absolute Gasteiger partial charge is 0.389 e. The van der Waals surface area contributed by atoms with Gasteiger partial charge in [-0.25, -0.2) is 4.79 Å². The highest BCUT2D eigenvalue weighted by Crippen LogP contribution is 2.17. The van der Waals surface area contributed by atoms with Gasteiger partial charge in [0.05, 0.1) is 11.5 Å². The van der Waals surface area contributed by atoms with Crippen LogP contribution in [0.15, 0.2) is 30.3 Å². The summed E-state index contributed by atoms with van der Waals surface area (Å²) in [7, 11) is 0. The maximum Gasteiger partial charge on any atom is 0.345 e.